The lowest BCUT2D eigenvalue weighted by molar-refractivity contribution is -0.149. The molecule has 0 N–H and O–H groups in total. The van der Waals surface area contributed by atoms with Crippen LogP contribution in [0.4, 0.5) is 13.2 Å². The molecule has 0 aliphatic carbocycles. The van der Waals surface area contributed by atoms with Crippen molar-refractivity contribution in [1.82, 2.24) is 9.47 Å². The highest BCUT2D eigenvalue weighted by atomic mass is 32.1. The van der Waals surface area contributed by atoms with Crippen LogP contribution < -0.4 is 0 Å². The summed E-state index contributed by atoms with van der Waals surface area (Å²) in [6.45, 7) is 3.18. The fourth-order valence-corrected chi connectivity index (χ4v) is 4.90. The highest BCUT2D eigenvalue weighted by Gasteiger charge is 2.32. The number of piperidine rings is 1. The van der Waals surface area contributed by atoms with Crippen molar-refractivity contribution >= 4 is 33.4 Å². The van der Waals surface area contributed by atoms with Gasteiger partial charge in [-0.1, -0.05) is 12.1 Å². The molecule has 0 bridgehead atoms. The van der Waals surface area contributed by atoms with Crippen molar-refractivity contribution in [2.75, 3.05) is 19.7 Å². The van der Waals surface area contributed by atoms with Gasteiger partial charge >= 0.3 is 12.1 Å². The lowest BCUT2D eigenvalue weighted by Gasteiger charge is -2.31. The first-order chi connectivity index (χ1) is 15.3. The van der Waals surface area contributed by atoms with E-state index in [-0.39, 0.29) is 24.3 Å². The Morgan fingerprint density at radius 3 is 2.62 bits per heavy atom. The molecule has 3 heterocycles. The molecule has 1 aromatic carbocycles. The summed E-state index contributed by atoms with van der Waals surface area (Å²) in [5, 5.41) is 1.92. The summed E-state index contributed by atoms with van der Waals surface area (Å²) < 4.78 is 46.6. The quantitative estimate of drug-likeness (QED) is 0.489. The number of amides is 1. The number of thiophene rings is 1. The number of alkyl halides is 3. The van der Waals surface area contributed by atoms with Crippen molar-refractivity contribution in [2.24, 2.45) is 5.92 Å². The maximum atomic E-state index is 13.4. The molecule has 1 atom stereocenters. The molecule has 4 rings (SSSR count). The number of esters is 1. The molecule has 170 valence electrons. The Labute approximate surface area is 187 Å². The molecule has 1 unspecified atom stereocenters. The SMILES string of the molecule is CCOC(=O)C1CCCN(C(=O)c2cc3sccc3n2Cc2ccc(C(F)(F)F)cc2)C1. The second kappa shape index (κ2) is 8.97. The molecule has 5 nitrogen and oxygen atoms in total. The van der Waals surface area contributed by atoms with E-state index in [0.29, 0.717) is 43.8 Å². The number of ether oxygens (including phenoxy) is 1. The van der Waals surface area contributed by atoms with Crippen molar-refractivity contribution in [2.45, 2.75) is 32.5 Å². The third kappa shape index (κ3) is 4.53. The molecule has 32 heavy (non-hydrogen) atoms. The van der Waals surface area contributed by atoms with Crippen LogP contribution in [0.25, 0.3) is 10.2 Å². The van der Waals surface area contributed by atoms with Crippen molar-refractivity contribution < 1.29 is 27.5 Å². The first kappa shape index (κ1) is 22.4. The maximum Gasteiger partial charge on any atom is 0.416 e. The van der Waals surface area contributed by atoms with Gasteiger partial charge in [-0.15, -0.1) is 11.3 Å². The second-order valence-corrected chi connectivity index (χ2v) is 8.77. The lowest BCUT2D eigenvalue weighted by Crippen LogP contribution is -2.43. The van der Waals surface area contributed by atoms with Crippen LogP contribution in [-0.4, -0.2) is 41.0 Å². The minimum Gasteiger partial charge on any atom is -0.466 e. The number of rotatable bonds is 5. The number of likely N-dealkylation sites (tertiary alicyclic amines) is 1. The Balaban J connectivity index is 1.60. The van der Waals surface area contributed by atoms with E-state index in [1.165, 1.54) is 23.5 Å². The van der Waals surface area contributed by atoms with Crippen LogP contribution in [0, 0.1) is 5.92 Å². The summed E-state index contributed by atoms with van der Waals surface area (Å²) in [5.41, 5.74) is 1.29. The molecule has 3 aromatic rings. The van der Waals surface area contributed by atoms with E-state index < -0.39 is 11.7 Å². The monoisotopic (exact) mass is 464 g/mol. The molecule has 0 spiro atoms. The first-order valence-electron chi connectivity index (χ1n) is 10.5. The normalized spacial score (nSPS) is 17.0. The third-order valence-corrected chi connectivity index (χ3v) is 6.55. The summed E-state index contributed by atoms with van der Waals surface area (Å²) in [6.07, 6.45) is -3.00. The fraction of sp³-hybridized carbons (Fsp3) is 0.391. The van der Waals surface area contributed by atoms with Crippen molar-refractivity contribution in [3.63, 3.8) is 0 Å². The van der Waals surface area contributed by atoms with E-state index >= 15 is 0 Å². The molecule has 1 aliphatic rings. The van der Waals surface area contributed by atoms with Crippen molar-refractivity contribution in [3.05, 3.63) is 58.6 Å². The highest BCUT2D eigenvalue weighted by Crippen LogP contribution is 2.31. The summed E-state index contributed by atoms with van der Waals surface area (Å²) in [5.74, 6) is -0.812. The van der Waals surface area contributed by atoms with Gasteiger partial charge in [-0.3, -0.25) is 9.59 Å². The molecule has 0 saturated carbocycles. The number of carbonyl (C=O) groups is 2. The van der Waals surface area contributed by atoms with E-state index in [2.05, 4.69) is 0 Å². The van der Waals surface area contributed by atoms with E-state index in [9.17, 15) is 22.8 Å². The number of fused-ring (bicyclic) bond motifs is 1. The summed E-state index contributed by atoms with van der Waals surface area (Å²) >= 11 is 1.50. The van der Waals surface area contributed by atoms with Gasteiger partial charge in [0.1, 0.15) is 5.69 Å². The zero-order chi connectivity index (χ0) is 22.9. The molecule has 1 fully saturated rings. The lowest BCUT2D eigenvalue weighted by atomic mass is 9.98. The fourth-order valence-electron chi connectivity index (χ4n) is 4.08. The van der Waals surface area contributed by atoms with Crippen molar-refractivity contribution in [3.8, 4) is 0 Å². The van der Waals surface area contributed by atoms with Gasteiger partial charge in [0.15, 0.2) is 0 Å². The van der Waals surface area contributed by atoms with Gasteiger partial charge in [-0.2, -0.15) is 13.2 Å². The number of aromatic nitrogens is 1. The summed E-state index contributed by atoms with van der Waals surface area (Å²) in [7, 11) is 0. The van der Waals surface area contributed by atoms with Gasteiger partial charge in [0.05, 0.1) is 28.3 Å². The van der Waals surface area contributed by atoms with Gasteiger partial charge < -0.3 is 14.2 Å². The predicted molar refractivity (Wildman–Crippen MR) is 116 cm³/mol. The van der Waals surface area contributed by atoms with Crippen LogP contribution in [0.15, 0.2) is 41.8 Å². The number of hydrogen-bond acceptors (Lipinski definition) is 4. The van der Waals surface area contributed by atoms with Crippen LogP contribution in [0.3, 0.4) is 0 Å². The molecule has 1 saturated heterocycles. The number of benzene rings is 1. The maximum absolute atomic E-state index is 13.4. The Bertz CT molecular complexity index is 1120. The number of carbonyl (C=O) groups excluding carboxylic acids is 2. The van der Waals surface area contributed by atoms with E-state index in [4.69, 9.17) is 4.74 Å². The zero-order valence-electron chi connectivity index (χ0n) is 17.5. The zero-order valence-corrected chi connectivity index (χ0v) is 18.3. The number of nitrogens with zero attached hydrogens (tertiary/aromatic N) is 2. The Morgan fingerprint density at radius 2 is 1.94 bits per heavy atom. The minimum atomic E-state index is -4.39. The van der Waals surface area contributed by atoms with Gasteiger partial charge in [0, 0.05) is 19.6 Å². The van der Waals surface area contributed by atoms with Crippen LogP contribution >= 0.6 is 11.3 Å². The number of halogens is 3. The largest absolute Gasteiger partial charge is 0.466 e. The van der Waals surface area contributed by atoms with Gasteiger partial charge in [0.2, 0.25) is 0 Å². The average Bonchev–Trinajstić information content (AvgIpc) is 3.36. The first-order valence-corrected chi connectivity index (χ1v) is 11.3. The molecule has 2 aromatic heterocycles. The summed E-state index contributed by atoms with van der Waals surface area (Å²) in [6, 6.07) is 8.71. The Morgan fingerprint density at radius 1 is 1.19 bits per heavy atom. The van der Waals surface area contributed by atoms with Crippen LogP contribution in [-0.2, 0) is 22.3 Å². The smallest absolute Gasteiger partial charge is 0.416 e. The third-order valence-electron chi connectivity index (χ3n) is 5.69. The Kier molecular flexibility index (Phi) is 6.28. The van der Waals surface area contributed by atoms with Gasteiger partial charge in [-0.25, -0.2) is 0 Å². The van der Waals surface area contributed by atoms with E-state index in [1.807, 2.05) is 22.1 Å². The predicted octanol–water partition coefficient (Wildman–Crippen LogP) is 5.19. The molecule has 1 aliphatic heterocycles. The van der Waals surface area contributed by atoms with E-state index in [0.717, 1.165) is 22.3 Å². The Hall–Kier alpha value is -2.81. The van der Waals surface area contributed by atoms with Crippen LogP contribution in [0.5, 0.6) is 0 Å². The molecular weight excluding hydrogens is 441 g/mol. The minimum absolute atomic E-state index is 0.186. The molecule has 0 radical (unpaired) electrons. The van der Waals surface area contributed by atoms with Gasteiger partial charge in [-0.05, 0) is 55.0 Å². The number of hydrogen-bond donors (Lipinski definition) is 0. The summed E-state index contributed by atoms with van der Waals surface area (Å²) in [4.78, 5) is 27.2. The van der Waals surface area contributed by atoms with Crippen LogP contribution in [0.1, 0.15) is 41.4 Å². The van der Waals surface area contributed by atoms with Crippen molar-refractivity contribution in [1.29, 1.82) is 0 Å². The molecule has 9 heteroatoms. The second-order valence-electron chi connectivity index (χ2n) is 7.82. The highest BCUT2D eigenvalue weighted by molar-refractivity contribution is 7.17. The molecular formula is C23H23F3N2O3S. The average molecular weight is 465 g/mol. The van der Waals surface area contributed by atoms with Crippen LogP contribution in [0.2, 0.25) is 0 Å². The standard InChI is InChI=1S/C23H23F3N2O3S/c1-2-31-22(30)16-4-3-10-27(14-16)21(29)19-12-20-18(9-11-32-20)28(19)13-15-5-7-17(8-6-15)23(24,25)26/h5-9,11-12,16H,2-4,10,13-14H2,1H3. The topological polar surface area (TPSA) is 51.5 Å². The van der Waals surface area contributed by atoms with E-state index in [1.54, 1.807) is 11.8 Å². The molecule has 1 amide bonds. The van der Waals surface area contributed by atoms with Gasteiger partial charge in [0.25, 0.3) is 5.91 Å².